The van der Waals surface area contributed by atoms with Gasteiger partial charge in [0, 0.05) is 13.1 Å². The van der Waals surface area contributed by atoms with E-state index in [1.165, 1.54) is 0 Å². The first-order valence-corrected chi connectivity index (χ1v) is 5.77. The number of hydrogen-bond donors (Lipinski definition) is 1. The van der Waals surface area contributed by atoms with Gasteiger partial charge in [0.25, 0.3) is 5.91 Å². The van der Waals surface area contributed by atoms with E-state index in [1.807, 2.05) is 20.8 Å². The van der Waals surface area contributed by atoms with Gasteiger partial charge in [0.1, 0.15) is 0 Å². The first-order valence-electron chi connectivity index (χ1n) is 5.77. The molecule has 0 radical (unpaired) electrons. The molecule has 1 aromatic carbocycles. The van der Waals surface area contributed by atoms with Gasteiger partial charge in [0.15, 0.2) is 5.75 Å². The number of ether oxygens (including phenoxy) is 1. The third-order valence-corrected chi connectivity index (χ3v) is 2.66. The van der Waals surface area contributed by atoms with Gasteiger partial charge >= 0.3 is 0 Å². The van der Waals surface area contributed by atoms with Gasteiger partial charge in [0.2, 0.25) is 0 Å². The maximum Gasteiger partial charge on any atom is 0.257 e. The Morgan fingerprint density at radius 1 is 1.47 bits per heavy atom. The second kappa shape index (κ2) is 5.57. The van der Waals surface area contributed by atoms with Crippen molar-refractivity contribution in [2.24, 2.45) is 0 Å². The van der Waals surface area contributed by atoms with Crippen molar-refractivity contribution < 1.29 is 9.53 Å². The first kappa shape index (κ1) is 13.4. The van der Waals surface area contributed by atoms with Crippen molar-refractivity contribution in [3.05, 3.63) is 23.8 Å². The number of carbonyl (C=O) groups is 1. The minimum atomic E-state index is -0.0734. The molecule has 1 rings (SSSR count). The summed E-state index contributed by atoms with van der Waals surface area (Å²) in [6, 6.07) is 5.37. The van der Waals surface area contributed by atoms with Crippen LogP contribution in [0.4, 0.5) is 5.69 Å². The van der Waals surface area contributed by atoms with Crippen LogP contribution in [0, 0.1) is 0 Å². The average molecular weight is 236 g/mol. The van der Waals surface area contributed by atoms with Crippen molar-refractivity contribution in [3.8, 4) is 5.75 Å². The van der Waals surface area contributed by atoms with Crippen molar-refractivity contribution >= 4 is 11.6 Å². The zero-order valence-electron chi connectivity index (χ0n) is 10.9. The summed E-state index contributed by atoms with van der Waals surface area (Å²) < 4.78 is 5.45. The van der Waals surface area contributed by atoms with E-state index < -0.39 is 0 Å². The van der Waals surface area contributed by atoms with E-state index in [0.29, 0.717) is 23.6 Å². The molecular weight excluding hydrogens is 216 g/mol. The van der Waals surface area contributed by atoms with E-state index in [9.17, 15) is 4.79 Å². The lowest BCUT2D eigenvalue weighted by molar-refractivity contribution is 0.0751. The standard InChI is InChI=1S/C13H20N2O2/c1-5-17-12-10(7-6-8-11(12)14)13(16)15(4)9(2)3/h6-9H,5,14H2,1-4H3. The molecule has 0 bridgehead atoms. The predicted octanol–water partition coefficient (Wildman–Crippen LogP) is 2.15. The van der Waals surface area contributed by atoms with Gasteiger partial charge in [-0.1, -0.05) is 6.07 Å². The van der Waals surface area contributed by atoms with Crippen molar-refractivity contribution in [3.63, 3.8) is 0 Å². The predicted molar refractivity (Wildman–Crippen MR) is 69.3 cm³/mol. The molecule has 0 saturated carbocycles. The first-order chi connectivity index (χ1) is 7.99. The molecule has 0 spiro atoms. The maximum absolute atomic E-state index is 12.2. The molecule has 4 nitrogen and oxygen atoms in total. The van der Waals surface area contributed by atoms with E-state index in [4.69, 9.17) is 10.5 Å². The van der Waals surface area contributed by atoms with Crippen LogP contribution in [-0.4, -0.2) is 30.5 Å². The van der Waals surface area contributed by atoms with Gasteiger partial charge in [-0.25, -0.2) is 0 Å². The highest BCUT2D eigenvalue weighted by molar-refractivity contribution is 5.98. The Hall–Kier alpha value is -1.71. The Morgan fingerprint density at radius 2 is 2.12 bits per heavy atom. The number of benzene rings is 1. The second-order valence-corrected chi connectivity index (χ2v) is 4.17. The molecule has 1 aromatic rings. The van der Waals surface area contributed by atoms with Crippen LogP contribution in [0.1, 0.15) is 31.1 Å². The summed E-state index contributed by atoms with van der Waals surface area (Å²) in [6.45, 7) is 6.28. The summed E-state index contributed by atoms with van der Waals surface area (Å²) in [6.07, 6.45) is 0. The number of anilines is 1. The summed E-state index contributed by atoms with van der Waals surface area (Å²) in [4.78, 5) is 13.9. The smallest absolute Gasteiger partial charge is 0.257 e. The number of nitrogens with zero attached hydrogens (tertiary/aromatic N) is 1. The van der Waals surface area contributed by atoms with Crippen LogP contribution in [0.15, 0.2) is 18.2 Å². The average Bonchev–Trinajstić information content (AvgIpc) is 2.30. The molecule has 0 fully saturated rings. The molecule has 0 aliphatic heterocycles. The lowest BCUT2D eigenvalue weighted by Gasteiger charge is -2.23. The van der Waals surface area contributed by atoms with E-state index in [2.05, 4.69) is 0 Å². The quantitative estimate of drug-likeness (QED) is 0.815. The van der Waals surface area contributed by atoms with E-state index in [-0.39, 0.29) is 11.9 Å². The van der Waals surface area contributed by atoms with Gasteiger partial charge in [-0.2, -0.15) is 0 Å². The highest BCUT2D eigenvalue weighted by Crippen LogP contribution is 2.27. The molecule has 0 aliphatic rings. The summed E-state index contributed by atoms with van der Waals surface area (Å²) >= 11 is 0. The zero-order chi connectivity index (χ0) is 13.0. The second-order valence-electron chi connectivity index (χ2n) is 4.17. The van der Waals surface area contributed by atoms with Crippen LogP contribution in [0.25, 0.3) is 0 Å². The molecular formula is C13H20N2O2. The molecule has 1 amide bonds. The lowest BCUT2D eigenvalue weighted by Crippen LogP contribution is -2.33. The number of amides is 1. The van der Waals surface area contributed by atoms with Gasteiger partial charge in [-0.15, -0.1) is 0 Å². The Labute approximate surface area is 102 Å². The van der Waals surface area contributed by atoms with E-state index in [1.54, 1.807) is 30.1 Å². The topological polar surface area (TPSA) is 55.6 Å². The summed E-state index contributed by atoms with van der Waals surface area (Å²) in [5.74, 6) is 0.406. The van der Waals surface area contributed by atoms with Crippen molar-refractivity contribution in [2.45, 2.75) is 26.8 Å². The van der Waals surface area contributed by atoms with Gasteiger partial charge in [0.05, 0.1) is 17.9 Å². The van der Waals surface area contributed by atoms with Gasteiger partial charge in [-0.3, -0.25) is 4.79 Å². The molecule has 0 atom stereocenters. The van der Waals surface area contributed by atoms with Gasteiger partial charge < -0.3 is 15.4 Å². The van der Waals surface area contributed by atoms with Crippen molar-refractivity contribution in [1.29, 1.82) is 0 Å². The van der Waals surface area contributed by atoms with E-state index >= 15 is 0 Å². The van der Waals surface area contributed by atoms with Crippen molar-refractivity contribution in [1.82, 2.24) is 4.90 Å². The number of nitrogen functional groups attached to an aromatic ring is 1. The Balaban J connectivity index is 3.12. The van der Waals surface area contributed by atoms with Crippen LogP contribution in [0.3, 0.4) is 0 Å². The Kier molecular flexibility index (Phi) is 4.37. The normalized spacial score (nSPS) is 10.4. The maximum atomic E-state index is 12.2. The highest BCUT2D eigenvalue weighted by atomic mass is 16.5. The third-order valence-electron chi connectivity index (χ3n) is 2.66. The summed E-state index contributed by atoms with van der Waals surface area (Å²) in [5, 5.41) is 0. The lowest BCUT2D eigenvalue weighted by atomic mass is 10.1. The molecule has 94 valence electrons. The van der Waals surface area contributed by atoms with Crippen LogP contribution in [-0.2, 0) is 0 Å². The van der Waals surface area contributed by atoms with Crippen LogP contribution < -0.4 is 10.5 Å². The molecule has 0 aromatic heterocycles. The minimum absolute atomic E-state index is 0.0734. The number of nitrogens with two attached hydrogens (primary N) is 1. The number of rotatable bonds is 4. The fourth-order valence-corrected chi connectivity index (χ4v) is 1.45. The summed E-state index contributed by atoms with van der Waals surface area (Å²) in [5.41, 5.74) is 6.84. The molecule has 0 saturated heterocycles. The van der Waals surface area contributed by atoms with Crippen LogP contribution in [0.5, 0.6) is 5.75 Å². The third kappa shape index (κ3) is 2.90. The summed E-state index contributed by atoms with van der Waals surface area (Å²) in [7, 11) is 1.77. The van der Waals surface area contributed by atoms with E-state index in [0.717, 1.165) is 0 Å². The number of carbonyl (C=O) groups excluding carboxylic acids is 1. The molecule has 0 aliphatic carbocycles. The molecule has 17 heavy (non-hydrogen) atoms. The minimum Gasteiger partial charge on any atom is -0.491 e. The SMILES string of the molecule is CCOc1c(N)cccc1C(=O)N(C)C(C)C. The van der Waals surface area contributed by atoms with Gasteiger partial charge in [-0.05, 0) is 32.9 Å². The van der Waals surface area contributed by atoms with Crippen LogP contribution in [0.2, 0.25) is 0 Å². The Bertz CT molecular complexity index is 402. The monoisotopic (exact) mass is 236 g/mol. The fraction of sp³-hybridized carbons (Fsp3) is 0.462. The zero-order valence-corrected chi connectivity index (χ0v) is 10.9. The molecule has 2 N–H and O–H groups in total. The Morgan fingerprint density at radius 3 is 2.65 bits per heavy atom. The largest absolute Gasteiger partial charge is 0.491 e. The molecule has 0 unspecified atom stereocenters. The fourth-order valence-electron chi connectivity index (χ4n) is 1.45. The highest BCUT2D eigenvalue weighted by Gasteiger charge is 2.19. The molecule has 4 heteroatoms. The number of para-hydroxylation sites is 1. The van der Waals surface area contributed by atoms with Crippen molar-refractivity contribution in [2.75, 3.05) is 19.4 Å². The van der Waals surface area contributed by atoms with Crippen LogP contribution >= 0.6 is 0 Å². The number of hydrogen-bond acceptors (Lipinski definition) is 3. The molecule has 0 heterocycles.